The minimum absolute atomic E-state index is 0.578. The van der Waals surface area contributed by atoms with E-state index < -0.39 is 0 Å². The summed E-state index contributed by atoms with van der Waals surface area (Å²) in [6.07, 6.45) is 4.87. The van der Waals surface area contributed by atoms with Crippen LogP contribution in [0.2, 0.25) is 0 Å². The predicted molar refractivity (Wildman–Crippen MR) is 109 cm³/mol. The third-order valence-corrected chi connectivity index (χ3v) is 4.53. The molecule has 0 saturated heterocycles. The van der Waals surface area contributed by atoms with Crippen molar-refractivity contribution >= 4 is 16.9 Å². The molecule has 0 aliphatic carbocycles. The highest BCUT2D eigenvalue weighted by atomic mass is 15.2. The fourth-order valence-electron chi connectivity index (χ4n) is 3.14. The van der Waals surface area contributed by atoms with Gasteiger partial charge in [0.1, 0.15) is 0 Å². The molecule has 0 bridgehead atoms. The van der Waals surface area contributed by atoms with Gasteiger partial charge in [0, 0.05) is 36.4 Å². The van der Waals surface area contributed by atoms with Crippen molar-refractivity contribution in [2.24, 2.45) is 4.99 Å². The number of fused-ring (bicyclic) bond motifs is 1. The van der Waals surface area contributed by atoms with E-state index in [9.17, 15) is 0 Å². The smallest absolute Gasteiger partial charge is 0.191 e. The van der Waals surface area contributed by atoms with Crippen LogP contribution in [0.1, 0.15) is 29.3 Å². The lowest BCUT2D eigenvalue weighted by molar-refractivity contribution is 0.797. The quantitative estimate of drug-likeness (QED) is 0.471. The maximum Gasteiger partial charge on any atom is 0.191 e. The molecule has 0 atom stereocenters. The lowest BCUT2D eigenvalue weighted by Gasteiger charge is -2.11. The SMILES string of the molecule is CCNC(=NCc1ncccc1C)NCCc1c[nH]c2cccc(C)c12. The monoisotopic (exact) mass is 349 g/mol. The van der Waals surface area contributed by atoms with E-state index >= 15 is 0 Å². The summed E-state index contributed by atoms with van der Waals surface area (Å²) in [6, 6.07) is 10.4. The van der Waals surface area contributed by atoms with Crippen LogP contribution in [0.4, 0.5) is 0 Å². The number of nitrogens with one attached hydrogen (secondary N) is 3. The second-order valence-corrected chi connectivity index (χ2v) is 6.45. The average molecular weight is 349 g/mol. The minimum atomic E-state index is 0.578. The Morgan fingerprint density at radius 2 is 1.96 bits per heavy atom. The number of aromatic nitrogens is 2. The zero-order valence-electron chi connectivity index (χ0n) is 15.8. The van der Waals surface area contributed by atoms with E-state index in [1.807, 2.05) is 12.3 Å². The van der Waals surface area contributed by atoms with Gasteiger partial charge in [0.05, 0.1) is 12.2 Å². The molecule has 3 N–H and O–H groups in total. The van der Waals surface area contributed by atoms with Gasteiger partial charge in [-0.2, -0.15) is 0 Å². The Bertz CT molecular complexity index is 894. The first kappa shape index (κ1) is 18.0. The van der Waals surface area contributed by atoms with Crippen LogP contribution in [0.25, 0.3) is 10.9 Å². The summed E-state index contributed by atoms with van der Waals surface area (Å²) in [5.41, 5.74) is 6.02. The van der Waals surface area contributed by atoms with E-state index in [4.69, 9.17) is 0 Å². The van der Waals surface area contributed by atoms with Crippen LogP contribution in [0.3, 0.4) is 0 Å². The maximum absolute atomic E-state index is 4.67. The molecule has 0 aliphatic rings. The fraction of sp³-hybridized carbons (Fsp3) is 0.333. The largest absolute Gasteiger partial charge is 0.361 e. The molecule has 136 valence electrons. The maximum atomic E-state index is 4.67. The fourth-order valence-corrected chi connectivity index (χ4v) is 3.14. The van der Waals surface area contributed by atoms with Gasteiger partial charge < -0.3 is 15.6 Å². The molecule has 26 heavy (non-hydrogen) atoms. The van der Waals surface area contributed by atoms with Gasteiger partial charge in [-0.3, -0.25) is 4.98 Å². The number of aromatic amines is 1. The lowest BCUT2D eigenvalue weighted by Crippen LogP contribution is -2.38. The van der Waals surface area contributed by atoms with Crippen LogP contribution < -0.4 is 10.6 Å². The molecule has 0 fully saturated rings. The highest BCUT2D eigenvalue weighted by Crippen LogP contribution is 2.22. The number of H-pyrrole nitrogens is 1. The molecule has 0 spiro atoms. The zero-order chi connectivity index (χ0) is 18.4. The molecule has 2 aromatic heterocycles. The molecular formula is C21H27N5. The number of pyridine rings is 1. The Hall–Kier alpha value is -2.82. The standard InChI is InChI=1S/C21H27N5/c1-4-22-21(26-14-19-15(2)8-6-11-23-19)24-12-10-17-13-25-18-9-5-7-16(3)20(17)18/h5-9,11,13,25H,4,10,12,14H2,1-3H3,(H2,22,24,26). The van der Waals surface area contributed by atoms with Gasteiger partial charge in [0.15, 0.2) is 5.96 Å². The van der Waals surface area contributed by atoms with Crippen LogP contribution in [-0.2, 0) is 13.0 Å². The van der Waals surface area contributed by atoms with Gasteiger partial charge in [-0.25, -0.2) is 4.99 Å². The van der Waals surface area contributed by atoms with Crippen molar-refractivity contribution in [2.45, 2.75) is 33.7 Å². The van der Waals surface area contributed by atoms with E-state index in [1.165, 1.54) is 27.6 Å². The molecule has 0 unspecified atom stereocenters. The average Bonchev–Trinajstić information content (AvgIpc) is 3.05. The Kier molecular flexibility index (Phi) is 5.89. The molecular weight excluding hydrogens is 322 g/mol. The van der Waals surface area contributed by atoms with Crippen molar-refractivity contribution in [1.29, 1.82) is 0 Å². The molecule has 3 rings (SSSR count). The normalized spacial score (nSPS) is 11.7. The highest BCUT2D eigenvalue weighted by Gasteiger charge is 2.06. The third kappa shape index (κ3) is 4.23. The zero-order valence-corrected chi connectivity index (χ0v) is 15.8. The number of benzene rings is 1. The van der Waals surface area contributed by atoms with Crippen LogP contribution in [0.5, 0.6) is 0 Å². The van der Waals surface area contributed by atoms with Gasteiger partial charge in [-0.1, -0.05) is 18.2 Å². The molecule has 5 nitrogen and oxygen atoms in total. The van der Waals surface area contributed by atoms with E-state index in [0.29, 0.717) is 6.54 Å². The number of hydrogen-bond acceptors (Lipinski definition) is 2. The minimum Gasteiger partial charge on any atom is -0.361 e. The van der Waals surface area contributed by atoms with Crippen LogP contribution in [0.15, 0.2) is 47.7 Å². The van der Waals surface area contributed by atoms with E-state index in [-0.39, 0.29) is 0 Å². The highest BCUT2D eigenvalue weighted by molar-refractivity contribution is 5.86. The van der Waals surface area contributed by atoms with Gasteiger partial charge in [0.25, 0.3) is 0 Å². The lowest BCUT2D eigenvalue weighted by atomic mass is 10.1. The summed E-state index contributed by atoms with van der Waals surface area (Å²) >= 11 is 0. The molecule has 0 saturated carbocycles. The molecule has 0 aliphatic heterocycles. The van der Waals surface area contributed by atoms with Crippen LogP contribution in [-0.4, -0.2) is 29.0 Å². The number of aliphatic imine (C=N–C) groups is 1. The van der Waals surface area contributed by atoms with E-state index in [2.05, 4.69) is 76.8 Å². The van der Waals surface area contributed by atoms with Crippen molar-refractivity contribution in [3.63, 3.8) is 0 Å². The molecule has 2 heterocycles. The second kappa shape index (κ2) is 8.52. The molecule has 3 aromatic rings. The number of aryl methyl sites for hydroxylation is 2. The molecule has 5 heteroatoms. The van der Waals surface area contributed by atoms with Crippen molar-refractivity contribution in [1.82, 2.24) is 20.6 Å². The van der Waals surface area contributed by atoms with Crippen molar-refractivity contribution in [3.05, 3.63) is 65.1 Å². The Balaban J connectivity index is 1.63. The summed E-state index contributed by atoms with van der Waals surface area (Å²) < 4.78 is 0. The summed E-state index contributed by atoms with van der Waals surface area (Å²) in [7, 11) is 0. The number of guanidine groups is 1. The summed E-state index contributed by atoms with van der Waals surface area (Å²) in [5.74, 6) is 0.828. The first-order chi connectivity index (χ1) is 12.7. The van der Waals surface area contributed by atoms with Gasteiger partial charge in [-0.05, 0) is 56.0 Å². The summed E-state index contributed by atoms with van der Waals surface area (Å²) in [6.45, 7) is 8.54. The Labute approximate surface area is 155 Å². The predicted octanol–water partition coefficient (Wildman–Crippen LogP) is 3.48. The van der Waals surface area contributed by atoms with Gasteiger partial charge in [-0.15, -0.1) is 0 Å². The first-order valence-electron chi connectivity index (χ1n) is 9.17. The second-order valence-electron chi connectivity index (χ2n) is 6.45. The van der Waals surface area contributed by atoms with Crippen molar-refractivity contribution in [3.8, 4) is 0 Å². The number of rotatable bonds is 6. The van der Waals surface area contributed by atoms with Crippen LogP contribution >= 0.6 is 0 Å². The molecule has 1 aromatic carbocycles. The van der Waals surface area contributed by atoms with Crippen molar-refractivity contribution < 1.29 is 0 Å². The Morgan fingerprint density at radius 1 is 1.12 bits per heavy atom. The van der Waals surface area contributed by atoms with Gasteiger partial charge >= 0.3 is 0 Å². The van der Waals surface area contributed by atoms with Crippen molar-refractivity contribution in [2.75, 3.05) is 13.1 Å². The van der Waals surface area contributed by atoms with Crippen LogP contribution in [0, 0.1) is 13.8 Å². The number of hydrogen-bond donors (Lipinski definition) is 3. The van der Waals surface area contributed by atoms with Gasteiger partial charge in [0.2, 0.25) is 0 Å². The summed E-state index contributed by atoms with van der Waals surface area (Å²) in [4.78, 5) is 12.4. The first-order valence-corrected chi connectivity index (χ1v) is 9.17. The summed E-state index contributed by atoms with van der Waals surface area (Å²) in [5, 5.41) is 8.07. The van der Waals surface area contributed by atoms with E-state index in [1.54, 1.807) is 0 Å². The third-order valence-electron chi connectivity index (χ3n) is 4.53. The topological polar surface area (TPSA) is 65.1 Å². The molecule has 0 amide bonds. The molecule has 0 radical (unpaired) electrons. The van der Waals surface area contributed by atoms with E-state index in [0.717, 1.165) is 31.2 Å². The number of nitrogens with zero attached hydrogens (tertiary/aromatic N) is 2. The Morgan fingerprint density at radius 3 is 2.77 bits per heavy atom.